The van der Waals surface area contributed by atoms with E-state index in [1.165, 1.54) is 18.2 Å². The molecule has 0 saturated carbocycles. The van der Waals surface area contributed by atoms with E-state index in [0.717, 1.165) is 24.3 Å². The van der Waals surface area contributed by atoms with Gasteiger partial charge in [-0.05, 0) is 37.3 Å². The fourth-order valence-corrected chi connectivity index (χ4v) is 3.25. The Labute approximate surface area is 148 Å². The van der Waals surface area contributed by atoms with Crippen LogP contribution in [0.1, 0.15) is 17.3 Å². The van der Waals surface area contributed by atoms with Crippen LogP contribution in [0.5, 0.6) is 0 Å². The number of anilines is 1. The van der Waals surface area contributed by atoms with Gasteiger partial charge in [0, 0.05) is 12.1 Å². The molecule has 0 aliphatic rings. The molecule has 0 fully saturated rings. The summed E-state index contributed by atoms with van der Waals surface area (Å²) in [6.07, 6.45) is 0. The highest BCUT2D eigenvalue weighted by Crippen LogP contribution is 2.26. The van der Waals surface area contributed by atoms with Gasteiger partial charge < -0.3 is 4.74 Å². The summed E-state index contributed by atoms with van der Waals surface area (Å²) in [6.45, 7) is 1.86. The van der Waals surface area contributed by atoms with E-state index >= 15 is 0 Å². The van der Waals surface area contributed by atoms with Crippen molar-refractivity contribution in [2.45, 2.75) is 11.8 Å². The van der Waals surface area contributed by atoms with Crippen molar-refractivity contribution in [3.63, 3.8) is 0 Å². The first kappa shape index (κ1) is 18.7. The highest BCUT2D eigenvalue weighted by Gasteiger charge is 2.18. The van der Waals surface area contributed by atoms with Crippen molar-refractivity contribution in [1.82, 2.24) is 0 Å². The minimum Gasteiger partial charge on any atom is -0.462 e. The van der Waals surface area contributed by atoms with Crippen LogP contribution in [0.15, 0.2) is 47.4 Å². The molecule has 2 rings (SSSR count). The van der Waals surface area contributed by atoms with E-state index in [4.69, 9.17) is 16.3 Å². The van der Waals surface area contributed by atoms with Crippen molar-refractivity contribution in [2.24, 2.45) is 0 Å². The second-order valence-electron chi connectivity index (χ2n) is 4.77. The number of nitro benzene ring substituents is 1. The molecule has 1 N–H and O–H groups in total. The SMILES string of the molecule is CCOC(=O)c1ccc(NS(=O)(=O)c2ccc([N+](=O)[O-])cc2)c(Cl)c1. The third kappa shape index (κ3) is 4.46. The van der Waals surface area contributed by atoms with Crippen LogP contribution in [0.2, 0.25) is 5.02 Å². The number of hydrogen-bond acceptors (Lipinski definition) is 6. The van der Waals surface area contributed by atoms with E-state index in [-0.39, 0.29) is 33.5 Å². The maximum Gasteiger partial charge on any atom is 0.338 e. The summed E-state index contributed by atoms with van der Waals surface area (Å²) in [5.41, 5.74) is 0.0222. The molecule has 132 valence electrons. The average molecular weight is 385 g/mol. The smallest absolute Gasteiger partial charge is 0.338 e. The lowest BCUT2D eigenvalue weighted by atomic mass is 10.2. The molecule has 0 aromatic heterocycles. The van der Waals surface area contributed by atoms with Gasteiger partial charge in [-0.1, -0.05) is 11.6 Å². The molecule has 0 amide bonds. The van der Waals surface area contributed by atoms with Gasteiger partial charge in [0.1, 0.15) is 0 Å². The van der Waals surface area contributed by atoms with E-state index < -0.39 is 20.9 Å². The second-order valence-corrected chi connectivity index (χ2v) is 6.86. The minimum atomic E-state index is -3.99. The number of rotatable bonds is 6. The van der Waals surface area contributed by atoms with Crippen LogP contribution in [0, 0.1) is 10.1 Å². The number of carbonyl (C=O) groups is 1. The molecule has 2 aromatic rings. The van der Waals surface area contributed by atoms with Crippen molar-refractivity contribution in [1.29, 1.82) is 0 Å². The van der Waals surface area contributed by atoms with Crippen LogP contribution in [-0.2, 0) is 14.8 Å². The minimum absolute atomic E-state index is 0.0102. The monoisotopic (exact) mass is 384 g/mol. The van der Waals surface area contributed by atoms with Crippen molar-refractivity contribution < 1.29 is 22.9 Å². The van der Waals surface area contributed by atoms with Crippen LogP contribution in [0.4, 0.5) is 11.4 Å². The number of sulfonamides is 1. The Kier molecular flexibility index (Phi) is 5.60. The molecule has 0 aliphatic heterocycles. The number of carbonyl (C=O) groups excluding carboxylic acids is 1. The predicted molar refractivity (Wildman–Crippen MR) is 91.3 cm³/mol. The van der Waals surface area contributed by atoms with Gasteiger partial charge in [-0.2, -0.15) is 0 Å². The molecule has 0 aliphatic carbocycles. The zero-order chi connectivity index (χ0) is 18.6. The van der Waals surface area contributed by atoms with Crippen molar-refractivity contribution in [3.8, 4) is 0 Å². The Bertz CT molecular complexity index is 912. The van der Waals surface area contributed by atoms with Gasteiger partial charge in [0.25, 0.3) is 15.7 Å². The second kappa shape index (κ2) is 7.49. The first-order valence-electron chi connectivity index (χ1n) is 6.98. The molecule has 25 heavy (non-hydrogen) atoms. The van der Waals surface area contributed by atoms with Gasteiger partial charge in [0.2, 0.25) is 0 Å². The third-order valence-corrected chi connectivity index (χ3v) is 4.78. The van der Waals surface area contributed by atoms with Gasteiger partial charge in [-0.3, -0.25) is 14.8 Å². The molecule has 0 atom stereocenters. The fourth-order valence-electron chi connectivity index (χ4n) is 1.89. The zero-order valence-corrected chi connectivity index (χ0v) is 14.5. The first-order valence-corrected chi connectivity index (χ1v) is 8.84. The van der Waals surface area contributed by atoms with Gasteiger partial charge in [-0.25, -0.2) is 13.2 Å². The molecule has 0 heterocycles. The summed E-state index contributed by atoms with van der Waals surface area (Å²) in [4.78, 5) is 21.5. The Morgan fingerprint density at radius 3 is 2.40 bits per heavy atom. The quantitative estimate of drug-likeness (QED) is 0.464. The van der Waals surface area contributed by atoms with Gasteiger partial charge in [0.05, 0.1) is 32.7 Å². The number of ether oxygens (including phenoxy) is 1. The topological polar surface area (TPSA) is 116 Å². The molecule has 10 heteroatoms. The summed E-state index contributed by atoms with van der Waals surface area (Å²) in [6, 6.07) is 8.38. The van der Waals surface area contributed by atoms with E-state index in [1.54, 1.807) is 6.92 Å². The fraction of sp³-hybridized carbons (Fsp3) is 0.133. The molecule has 0 spiro atoms. The molecule has 2 aromatic carbocycles. The van der Waals surface area contributed by atoms with Crippen molar-refractivity contribution in [3.05, 3.63) is 63.2 Å². The van der Waals surface area contributed by atoms with Crippen molar-refractivity contribution in [2.75, 3.05) is 11.3 Å². The molecule has 8 nitrogen and oxygen atoms in total. The van der Waals surface area contributed by atoms with Gasteiger partial charge >= 0.3 is 5.97 Å². The largest absolute Gasteiger partial charge is 0.462 e. The lowest BCUT2D eigenvalue weighted by Crippen LogP contribution is -2.13. The van der Waals surface area contributed by atoms with Crippen LogP contribution < -0.4 is 4.72 Å². The lowest BCUT2D eigenvalue weighted by molar-refractivity contribution is -0.384. The number of nitrogens with one attached hydrogen (secondary N) is 1. The summed E-state index contributed by atoms with van der Waals surface area (Å²) in [7, 11) is -3.99. The van der Waals surface area contributed by atoms with Crippen LogP contribution >= 0.6 is 11.6 Å². The number of nitrogens with zero attached hydrogens (tertiary/aromatic N) is 1. The number of halogens is 1. The van der Waals surface area contributed by atoms with Gasteiger partial charge in [0.15, 0.2) is 0 Å². The Morgan fingerprint density at radius 1 is 1.24 bits per heavy atom. The molecule has 0 saturated heterocycles. The molecule has 0 unspecified atom stereocenters. The van der Waals surface area contributed by atoms with E-state index in [2.05, 4.69) is 4.72 Å². The summed E-state index contributed by atoms with van der Waals surface area (Å²) >= 11 is 6.01. The first-order chi connectivity index (χ1) is 11.7. The summed E-state index contributed by atoms with van der Waals surface area (Å²) in [5.74, 6) is -0.575. The number of esters is 1. The number of non-ortho nitro benzene ring substituents is 1. The molecular weight excluding hydrogens is 372 g/mol. The molecule has 0 bridgehead atoms. The Morgan fingerprint density at radius 2 is 1.88 bits per heavy atom. The Balaban J connectivity index is 2.25. The average Bonchev–Trinajstić information content (AvgIpc) is 2.57. The molecular formula is C15H13ClN2O6S. The van der Waals surface area contributed by atoms with E-state index in [9.17, 15) is 23.3 Å². The standard InChI is InChI=1S/C15H13ClN2O6S/c1-2-24-15(19)10-3-8-14(13(16)9-10)17-25(22,23)12-6-4-11(5-7-12)18(20)21/h3-9,17H,2H2,1H3. The van der Waals surface area contributed by atoms with Crippen LogP contribution in [-0.4, -0.2) is 25.9 Å². The van der Waals surface area contributed by atoms with E-state index in [0.29, 0.717) is 0 Å². The zero-order valence-electron chi connectivity index (χ0n) is 12.9. The Hall–Kier alpha value is -2.65. The summed E-state index contributed by atoms with van der Waals surface area (Å²) in [5, 5.41) is 10.6. The number of benzene rings is 2. The third-order valence-electron chi connectivity index (χ3n) is 3.08. The predicted octanol–water partition coefficient (Wildman–Crippen LogP) is 3.23. The van der Waals surface area contributed by atoms with Crippen LogP contribution in [0.25, 0.3) is 0 Å². The molecule has 0 radical (unpaired) electrons. The lowest BCUT2D eigenvalue weighted by Gasteiger charge is -2.10. The highest BCUT2D eigenvalue weighted by molar-refractivity contribution is 7.92. The maximum atomic E-state index is 12.3. The van der Waals surface area contributed by atoms with Gasteiger partial charge in [-0.15, -0.1) is 0 Å². The van der Waals surface area contributed by atoms with Crippen molar-refractivity contribution >= 4 is 39.0 Å². The van der Waals surface area contributed by atoms with E-state index in [1.807, 2.05) is 0 Å². The highest BCUT2D eigenvalue weighted by atomic mass is 35.5. The number of hydrogen-bond donors (Lipinski definition) is 1. The maximum absolute atomic E-state index is 12.3. The summed E-state index contributed by atoms with van der Waals surface area (Å²) < 4.78 is 31.8. The number of nitro groups is 1. The van der Waals surface area contributed by atoms with Crippen LogP contribution in [0.3, 0.4) is 0 Å². The normalized spacial score (nSPS) is 11.0.